The molecular formula is C19H31BrIN5O2. The van der Waals surface area contributed by atoms with Crippen LogP contribution in [0.2, 0.25) is 0 Å². The summed E-state index contributed by atoms with van der Waals surface area (Å²) >= 11 is 3.35. The normalized spacial score (nSPS) is 10.7. The predicted molar refractivity (Wildman–Crippen MR) is 128 cm³/mol. The number of nitrogens with one attached hydrogen (secondary N) is 2. The van der Waals surface area contributed by atoms with Gasteiger partial charge < -0.3 is 20.4 Å². The van der Waals surface area contributed by atoms with E-state index in [-0.39, 0.29) is 42.3 Å². The molecule has 0 fully saturated rings. The summed E-state index contributed by atoms with van der Waals surface area (Å²) < 4.78 is 0.932. The van der Waals surface area contributed by atoms with Gasteiger partial charge in [0.05, 0.1) is 13.1 Å². The van der Waals surface area contributed by atoms with Crippen molar-refractivity contribution in [3.63, 3.8) is 0 Å². The van der Waals surface area contributed by atoms with E-state index in [2.05, 4.69) is 31.6 Å². The van der Waals surface area contributed by atoms with Crippen molar-refractivity contribution < 1.29 is 9.59 Å². The molecule has 1 aromatic rings. The number of likely N-dealkylation sites (N-methyl/N-ethyl adjacent to an activating group) is 2. The molecule has 0 unspecified atom stereocenters. The maximum atomic E-state index is 12.3. The minimum absolute atomic E-state index is 0. The van der Waals surface area contributed by atoms with Gasteiger partial charge in [-0.1, -0.05) is 15.9 Å². The third-order valence-electron chi connectivity index (χ3n) is 3.95. The SMILES string of the molecule is CCNC(=NCCNC(=O)c1ccc(Br)cc1)N(C)CC(=O)N(CC)CC.I. The van der Waals surface area contributed by atoms with Gasteiger partial charge in [-0.25, -0.2) is 0 Å². The maximum absolute atomic E-state index is 12.3. The minimum atomic E-state index is -0.132. The van der Waals surface area contributed by atoms with E-state index in [4.69, 9.17) is 0 Å². The first kappa shape index (κ1) is 26.6. The van der Waals surface area contributed by atoms with Gasteiger partial charge in [0.1, 0.15) is 0 Å². The zero-order valence-corrected chi connectivity index (χ0v) is 20.9. The smallest absolute Gasteiger partial charge is 0.251 e. The molecule has 2 N–H and O–H groups in total. The number of hydrogen-bond acceptors (Lipinski definition) is 3. The molecule has 9 heteroatoms. The van der Waals surface area contributed by atoms with Crippen LogP contribution in [-0.4, -0.2) is 73.9 Å². The van der Waals surface area contributed by atoms with Crippen molar-refractivity contribution in [2.24, 2.45) is 4.99 Å². The molecule has 1 aromatic carbocycles. The molecule has 0 aliphatic rings. The van der Waals surface area contributed by atoms with E-state index in [9.17, 15) is 9.59 Å². The molecule has 0 saturated carbocycles. The molecule has 7 nitrogen and oxygen atoms in total. The van der Waals surface area contributed by atoms with E-state index in [1.807, 2.05) is 40.0 Å². The fraction of sp³-hybridized carbons (Fsp3) is 0.526. The summed E-state index contributed by atoms with van der Waals surface area (Å²) in [7, 11) is 1.84. The molecule has 1 rings (SSSR count). The van der Waals surface area contributed by atoms with Gasteiger partial charge in [0.25, 0.3) is 5.91 Å². The van der Waals surface area contributed by atoms with Gasteiger partial charge in [-0.05, 0) is 45.0 Å². The lowest BCUT2D eigenvalue weighted by molar-refractivity contribution is -0.131. The van der Waals surface area contributed by atoms with Crippen LogP contribution >= 0.6 is 39.9 Å². The van der Waals surface area contributed by atoms with Crippen LogP contribution in [0.3, 0.4) is 0 Å². The first-order valence-electron chi connectivity index (χ1n) is 9.23. The zero-order chi connectivity index (χ0) is 20.2. The van der Waals surface area contributed by atoms with Crippen molar-refractivity contribution in [1.29, 1.82) is 0 Å². The number of hydrogen-bond donors (Lipinski definition) is 2. The highest BCUT2D eigenvalue weighted by atomic mass is 127. The Labute approximate surface area is 193 Å². The van der Waals surface area contributed by atoms with Crippen LogP contribution in [-0.2, 0) is 4.79 Å². The highest BCUT2D eigenvalue weighted by Gasteiger charge is 2.14. The Morgan fingerprint density at radius 2 is 1.68 bits per heavy atom. The molecule has 0 radical (unpaired) electrons. The lowest BCUT2D eigenvalue weighted by atomic mass is 10.2. The van der Waals surface area contributed by atoms with Crippen molar-refractivity contribution >= 4 is 57.7 Å². The van der Waals surface area contributed by atoms with Gasteiger partial charge in [-0.2, -0.15) is 0 Å². The van der Waals surface area contributed by atoms with Gasteiger partial charge >= 0.3 is 0 Å². The molecule has 28 heavy (non-hydrogen) atoms. The van der Waals surface area contributed by atoms with Crippen LogP contribution < -0.4 is 10.6 Å². The summed E-state index contributed by atoms with van der Waals surface area (Å²) in [6.45, 7) is 9.11. The summed E-state index contributed by atoms with van der Waals surface area (Å²) in [4.78, 5) is 32.5. The highest BCUT2D eigenvalue weighted by molar-refractivity contribution is 14.0. The molecular weight excluding hydrogens is 537 g/mol. The monoisotopic (exact) mass is 567 g/mol. The average molecular weight is 568 g/mol. The van der Waals surface area contributed by atoms with Crippen LogP contribution in [0.1, 0.15) is 31.1 Å². The lowest BCUT2D eigenvalue weighted by Crippen LogP contribution is -2.46. The number of benzene rings is 1. The summed E-state index contributed by atoms with van der Waals surface area (Å²) in [5.74, 6) is 0.584. The van der Waals surface area contributed by atoms with E-state index < -0.39 is 0 Å². The first-order valence-corrected chi connectivity index (χ1v) is 10.0. The number of aliphatic imine (C=N–C) groups is 1. The summed E-state index contributed by atoms with van der Waals surface area (Å²) in [6.07, 6.45) is 0. The number of carbonyl (C=O) groups is 2. The second-order valence-electron chi connectivity index (χ2n) is 5.92. The maximum Gasteiger partial charge on any atom is 0.251 e. The largest absolute Gasteiger partial charge is 0.357 e. The number of rotatable bonds is 9. The van der Waals surface area contributed by atoms with Crippen molar-refractivity contribution in [3.8, 4) is 0 Å². The fourth-order valence-electron chi connectivity index (χ4n) is 2.46. The van der Waals surface area contributed by atoms with Crippen molar-refractivity contribution in [2.75, 3.05) is 46.3 Å². The van der Waals surface area contributed by atoms with Crippen LogP contribution in [0.5, 0.6) is 0 Å². The number of nitrogens with zero attached hydrogens (tertiary/aromatic N) is 3. The highest BCUT2D eigenvalue weighted by Crippen LogP contribution is 2.10. The van der Waals surface area contributed by atoms with E-state index in [0.29, 0.717) is 44.2 Å². The van der Waals surface area contributed by atoms with E-state index in [0.717, 1.165) is 4.47 Å². The Bertz CT molecular complexity index is 636. The summed E-state index contributed by atoms with van der Waals surface area (Å²) in [5, 5.41) is 6.03. The Morgan fingerprint density at radius 1 is 1.07 bits per heavy atom. The lowest BCUT2D eigenvalue weighted by Gasteiger charge is -2.25. The van der Waals surface area contributed by atoms with Gasteiger partial charge in [0, 0.05) is 43.3 Å². The first-order chi connectivity index (χ1) is 12.9. The molecule has 0 aliphatic carbocycles. The Kier molecular flexibility index (Phi) is 13.9. The number of guanidine groups is 1. The summed E-state index contributed by atoms with van der Waals surface area (Å²) in [5.41, 5.74) is 0.607. The molecule has 0 atom stereocenters. The number of halogens is 2. The quantitative estimate of drug-likeness (QED) is 0.208. The number of carbonyl (C=O) groups excluding carboxylic acids is 2. The average Bonchev–Trinajstić information content (AvgIpc) is 2.65. The fourth-order valence-corrected chi connectivity index (χ4v) is 2.72. The van der Waals surface area contributed by atoms with Crippen molar-refractivity contribution in [1.82, 2.24) is 20.4 Å². The zero-order valence-electron chi connectivity index (χ0n) is 17.0. The Hall–Kier alpha value is -1.36. The molecule has 0 aliphatic heterocycles. The van der Waals surface area contributed by atoms with Gasteiger partial charge in [0.2, 0.25) is 5.91 Å². The molecule has 0 heterocycles. The summed E-state index contributed by atoms with van der Waals surface area (Å²) in [6, 6.07) is 7.19. The van der Waals surface area contributed by atoms with E-state index >= 15 is 0 Å². The van der Waals surface area contributed by atoms with Crippen LogP contribution in [0.25, 0.3) is 0 Å². The Morgan fingerprint density at radius 3 is 2.21 bits per heavy atom. The Balaban J connectivity index is 0.00000729. The molecule has 0 bridgehead atoms. The van der Waals surface area contributed by atoms with E-state index in [1.165, 1.54) is 0 Å². The van der Waals surface area contributed by atoms with Crippen LogP contribution in [0.15, 0.2) is 33.7 Å². The topological polar surface area (TPSA) is 77.0 Å². The van der Waals surface area contributed by atoms with Gasteiger partial charge in [-0.15, -0.1) is 24.0 Å². The third kappa shape index (κ3) is 9.22. The molecule has 0 aromatic heterocycles. The standard InChI is InChI=1S/C19H30BrN5O2.HI/c1-5-21-19(24(4)14-17(26)25(6-2)7-3)23-13-12-22-18(27)15-8-10-16(20)11-9-15;/h8-11H,5-7,12-14H2,1-4H3,(H,21,23)(H,22,27);1H. The van der Waals surface area contributed by atoms with Crippen molar-refractivity contribution in [3.05, 3.63) is 34.3 Å². The molecule has 2 amide bonds. The molecule has 0 spiro atoms. The minimum Gasteiger partial charge on any atom is -0.357 e. The van der Waals surface area contributed by atoms with Gasteiger partial charge in [-0.3, -0.25) is 14.6 Å². The predicted octanol–water partition coefficient (Wildman–Crippen LogP) is 2.56. The third-order valence-corrected chi connectivity index (χ3v) is 4.48. The van der Waals surface area contributed by atoms with Crippen LogP contribution in [0.4, 0.5) is 0 Å². The molecule has 0 saturated heterocycles. The van der Waals surface area contributed by atoms with Crippen LogP contribution in [0, 0.1) is 0 Å². The second-order valence-corrected chi connectivity index (χ2v) is 6.84. The molecule has 158 valence electrons. The van der Waals surface area contributed by atoms with E-state index in [1.54, 1.807) is 21.9 Å². The number of amides is 2. The second kappa shape index (κ2) is 14.6. The van der Waals surface area contributed by atoms with Gasteiger partial charge in [0.15, 0.2) is 5.96 Å². The van der Waals surface area contributed by atoms with Crippen molar-refractivity contribution in [2.45, 2.75) is 20.8 Å².